The fourth-order valence-corrected chi connectivity index (χ4v) is 4.07. The van der Waals surface area contributed by atoms with Gasteiger partial charge in [0.2, 0.25) is 5.82 Å². The number of carbonyl (C=O) groups excluding carboxylic acids is 1. The summed E-state index contributed by atoms with van der Waals surface area (Å²) < 4.78 is 63.5. The molecular weight excluding hydrogens is 644 g/mol. The first-order valence-electron chi connectivity index (χ1n) is 13.6. The van der Waals surface area contributed by atoms with E-state index in [0.717, 1.165) is 42.3 Å². The van der Waals surface area contributed by atoms with Crippen molar-refractivity contribution in [1.82, 2.24) is 30.6 Å². The van der Waals surface area contributed by atoms with Gasteiger partial charge in [0.1, 0.15) is 5.82 Å². The van der Waals surface area contributed by atoms with E-state index >= 15 is 0 Å². The Morgan fingerprint density at radius 3 is 2.02 bits per heavy atom. The van der Waals surface area contributed by atoms with E-state index in [2.05, 4.69) is 35.9 Å². The summed E-state index contributed by atoms with van der Waals surface area (Å²) in [6.45, 7) is 4.10. The van der Waals surface area contributed by atoms with Crippen molar-refractivity contribution < 1.29 is 50.9 Å². The van der Waals surface area contributed by atoms with Gasteiger partial charge < -0.3 is 31.9 Å². The number of nitrogens with two attached hydrogens (primary N) is 1. The highest BCUT2D eigenvalue weighted by atomic mass is 19.4. The Hall–Kier alpha value is -5.30. The van der Waals surface area contributed by atoms with E-state index in [4.69, 9.17) is 30.9 Å². The highest BCUT2D eigenvalue weighted by Gasteiger charge is 2.39. The molecule has 1 aliphatic carbocycles. The van der Waals surface area contributed by atoms with Crippen LogP contribution in [0.15, 0.2) is 30.6 Å². The first-order valence-corrected chi connectivity index (χ1v) is 13.6. The lowest BCUT2D eigenvalue weighted by Gasteiger charge is -2.33. The SMILES string of the molecule is Cc1ccc2nc(C(=O)NCc3cnc(C)cn3)nc(NC3CCCCC3NC(=N)N)c2c1.O=C(O)C(F)(F)F.O=C(O)C(F)(F)F. The fourth-order valence-electron chi connectivity index (χ4n) is 4.07. The van der Waals surface area contributed by atoms with Gasteiger partial charge in [-0.2, -0.15) is 26.3 Å². The van der Waals surface area contributed by atoms with Crippen molar-refractivity contribution in [3.63, 3.8) is 0 Å². The van der Waals surface area contributed by atoms with Crippen LogP contribution >= 0.6 is 0 Å². The summed E-state index contributed by atoms with van der Waals surface area (Å²) in [4.78, 5) is 48.2. The predicted octanol–water partition coefficient (Wildman–Crippen LogP) is 3.44. The van der Waals surface area contributed by atoms with E-state index in [1.54, 1.807) is 12.4 Å². The van der Waals surface area contributed by atoms with Gasteiger partial charge >= 0.3 is 24.3 Å². The molecule has 0 bridgehead atoms. The Kier molecular flexibility index (Phi) is 13.2. The standard InChI is InChI=1S/C23H29N9O.2C2HF3O2/c1-13-7-8-17-16(9-13)20(30-18-5-3-4-6-19(18)31-23(24)25)32-21(29-17)22(33)28-12-15-11-26-14(2)10-27-15;2*3-2(4,5)1(6)7/h7-11,18-19H,3-6,12H2,1-2H3,(H,28,33)(H4,24,25,31)(H,29,30,32);2*(H,6,7). The number of benzene rings is 1. The van der Waals surface area contributed by atoms with Gasteiger partial charge in [-0.25, -0.2) is 19.6 Å². The number of carboxylic acids is 2. The summed E-state index contributed by atoms with van der Waals surface area (Å²) in [7, 11) is 0. The predicted molar refractivity (Wildman–Crippen MR) is 154 cm³/mol. The minimum Gasteiger partial charge on any atom is -0.475 e. The van der Waals surface area contributed by atoms with Crippen LogP contribution in [0.3, 0.4) is 0 Å². The number of amides is 1. The van der Waals surface area contributed by atoms with Gasteiger partial charge in [-0.3, -0.25) is 20.2 Å². The monoisotopic (exact) mass is 675 g/mol. The molecule has 0 radical (unpaired) electrons. The van der Waals surface area contributed by atoms with E-state index in [-0.39, 0.29) is 36.3 Å². The highest BCUT2D eigenvalue weighted by molar-refractivity contribution is 5.96. The zero-order valence-corrected chi connectivity index (χ0v) is 24.8. The molecule has 47 heavy (non-hydrogen) atoms. The van der Waals surface area contributed by atoms with Gasteiger partial charge in [0, 0.05) is 23.7 Å². The molecule has 1 amide bonds. The maximum Gasteiger partial charge on any atom is 0.490 e. The third-order valence-corrected chi connectivity index (χ3v) is 6.23. The van der Waals surface area contributed by atoms with Crippen molar-refractivity contribution in [2.75, 3.05) is 5.32 Å². The number of anilines is 1. The molecule has 1 fully saturated rings. The lowest BCUT2D eigenvalue weighted by atomic mass is 9.90. The van der Waals surface area contributed by atoms with Gasteiger partial charge in [-0.05, 0) is 38.8 Å². The molecule has 3 aromatic rings. The number of halogens is 6. The minimum atomic E-state index is -5.08. The molecule has 1 aliphatic rings. The Labute approximate surface area is 262 Å². The van der Waals surface area contributed by atoms with Crippen LogP contribution in [-0.4, -0.2) is 78.4 Å². The molecule has 1 saturated carbocycles. The lowest BCUT2D eigenvalue weighted by molar-refractivity contribution is -0.193. The summed E-state index contributed by atoms with van der Waals surface area (Å²) in [5, 5.41) is 32.1. The molecule has 0 saturated heterocycles. The summed E-state index contributed by atoms with van der Waals surface area (Å²) in [5.41, 5.74) is 8.83. The van der Waals surface area contributed by atoms with Crippen LogP contribution in [0.2, 0.25) is 0 Å². The largest absolute Gasteiger partial charge is 0.490 e. The van der Waals surface area contributed by atoms with Crippen LogP contribution in [0.4, 0.5) is 32.2 Å². The second-order valence-electron chi connectivity index (χ2n) is 10.1. The number of fused-ring (bicyclic) bond motifs is 1. The van der Waals surface area contributed by atoms with Crippen molar-refractivity contribution in [3.8, 4) is 0 Å². The normalized spacial score (nSPS) is 16.0. The number of carboxylic acid groups (broad SMARTS) is 2. The highest BCUT2D eigenvalue weighted by Crippen LogP contribution is 2.27. The van der Waals surface area contributed by atoms with E-state index in [1.165, 1.54) is 0 Å². The van der Waals surface area contributed by atoms with Crippen LogP contribution in [0.1, 0.15) is 53.3 Å². The first kappa shape index (κ1) is 37.9. The van der Waals surface area contributed by atoms with Crippen LogP contribution in [0.25, 0.3) is 10.9 Å². The number of hydrogen-bond donors (Lipinski definition) is 7. The van der Waals surface area contributed by atoms with E-state index in [1.807, 2.05) is 32.0 Å². The maximum absolute atomic E-state index is 12.9. The molecule has 0 spiro atoms. The molecule has 2 unspecified atom stereocenters. The smallest absolute Gasteiger partial charge is 0.475 e. The third kappa shape index (κ3) is 12.5. The Morgan fingerprint density at radius 1 is 0.936 bits per heavy atom. The van der Waals surface area contributed by atoms with Crippen molar-refractivity contribution in [1.29, 1.82) is 5.41 Å². The third-order valence-electron chi connectivity index (χ3n) is 6.23. The molecule has 1 aromatic carbocycles. The van der Waals surface area contributed by atoms with Crippen molar-refractivity contribution >= 4 is 40.5 Å². The number of hydrogen-bond acceptors (Lipinski definition) is 9. The molecule has 256 valence electrons. The number of guanidine groups is 1. The lowest BCUT2D eigenvalue weighted by Crippen LogP contribution is -2.50. The van der Waals surface area contributed by atoms with Gasteiger partial charge in [0.25, 0.3) is 5.91 Å². The zero-order chi connectivity index (χ0) is 35.5. The van der Waals surface area contributed by atoms with Crippen LogP contribution in [-0.2, 0) is 16.1 Å². The Bertz CT molecular complexity index is 1550. The summed E-state index contributed by atoms with van der Waals surface area (Å²) in [6, 6.07) is 5.91. The number of rotatable bonds is 6. The van der Waals surface area contributed by atoms with Crippen LogP contribution < -0.4 is 21.7 Å². The summed E-state index contributed by atoms with van der Waals surface area (Å²) in [5.74, 6) is -5.26. The second kappa shape index (κ2) is 16.3. The van der Waals surface area contributed by atoms with Gasteiger partial charge in [0.05, 0.1) is 29.6 Å². The number of aliphatic carboxylic acids is 2. The Morgan fingerprint density at radius 2 is 1.51 bits per heavy atom. The fraction of sp³-hybridized carbons (Fsp3) is 0.407. The summed E-state index contributed by atoms with van der Waals surface area (Å²) in [6.07, 6.45) is -2.91. The van der Waals surface area contributed by atoms with Crippen molar-refractivity contribution in [2.24, 2.45) is 5.73 Å². The maximum atomic E-state index is 12.9. The average Bonchev–Trinajstić information content (AvgIpc) is 2.97. The topological polar surface area (TPSA) is 229 Å². The van der Waals surface area contributed by atoms with Crippen LogP contribution in [0.5, 0.6) is 0 Å². The van der Waals surface area contributed by atoms with Crippen molar-refractivity contribution in [3.05, 3.63) is 53.4 Å². The van der Waals surface area contributed by atoms with Crippen molar-refractivity contribution in [2.45, 2.75) is 70.5 Å². The molecule has 0 aliphatic heterocycles. The molecular formula is C27H31F6N9O5. The quantitative estimate of drug-likeness (QED) is 0.113. The second-order valence-corrected chi connectivity index (χ2v) is 10.1. The minimum absolute atomic E-state index is 0.0171. The van der Waals surface area contributed by atoms with Gasteiger partial charge in [-0.1, -0.05) is 24.5 Å². The molecule has 4 rings (SSSR count). The van der Waals surface area contributed by atoms with E-state index < -0.39 is 24.3 Å². The number of alkyl halides is 6. The molecule has 14 nitrogen and oxygen atoms in total. The number of carbonyl (C=O) groups is 3. The Balaban J connectivity index is 0.000000459. The first-order chi connectivity index (χ1) is 21.8. The number of aromatic nitrogens is 4. The molecule has 20 heteroatoms. The zero-order valence-electron chi connectivity index (χ0n) is 24.8. The average molecular weight is 676 g/mol. The number of nitrogens with one attached hydrogen (secondary N) is 4. The summed E-state index contributed by atoms with van der Waals surface area (Å²) >= 11 is 0. The van der Waals surface area contributed by atoms with E-state index in [0.29, 0.717) is 17.0 Å². The molecule has 2 heterocycles. The van der Waals surface area contributed by atoms with Crippen LogP contribution in [0, 0.1) is 19.3 Å². The van der Waals surface area contributed by atoms with Gasteiger partial charge in [-0.15, -0.1) is 0 Å². The molecule has 2 atom stereocenters. The molecule has 2 aromatic heterocycles. The molecule has 8 N–H and O–H groups in total. The number of nitrogens with zero attached hydrogens (tertiary/aromatic N) is 4. The van der Waals surface area contributed by atoms with E-state index in [9.17, 15) is 31.1 Å². The number of aryl methyl sites for hydroxylation is 2. The van der Waals surface area contributed by atoms with Gasteiger partial charge in [0.15, 0.2) is 5.96 Å².